The number of ether oxygens (including phenoxy) is 1. The smallest absolute Gasteiger partial charge is 0.411 e. The minimum Gasteiger partial charge on any atom is -0.474 e. The zero-order valence-electron chi connectivity index (χ0n) is 24.0. The molecule has 0 aliphatic rings. The van der Waals surface area contributed by atoms with Crippen molar-refractivity contribution >= 4 is 25.2 Å². The molecule has 1 amide bonds. The minimum atomic E-state index is -1.70. The van der Waals surface area contributed by atoms with Crippen molar-refractivity contribution in [3.8, 4) is 0 Å². The summed E-state index contributed by atoms with van der Waals surface area (Å²) in [6.07, 6.45) is 14.1. The van der Waals surface area contributed by atoms with Crippen LogP contribution >= 0.6 is 0 Å². The van der Waals surface area contributed by atoms with Gasteiger partial charge in [0.25, 0.3) is 0 Å². The Morgan fingerprint density at radius 1 is 0.972 bits per heavy atom. The van der Waals surface area contributed by atoms with Crippen LogP contribution < -0.4 is 10.7 Å². The number of furan rings is 1. The highest BCUT2D eigenvalue weighted by atomic mass is 28.3. The van der Waals surface area contributed by atoms with Gasteiger partial charge >= 0.3 is 6.09 Å². The highest BCUT2D eigenvalue weighted by Crippen LogP contribution is 2.36. The standard InChI is InChI=1S/C31H51NO3Si/c1-8-9-10-11-12-13-17-22-28(35-30(33)32-27-20-15-14-16-21-27)23-18-19-26-24-34-29(25(26)2)36(6,7)31(3,4)5/h14-16,20-21,24,28H,8-13,17-19,22-23H2,1-7H3,(H,32,33). The van der Waals surface area contributed by atoms with Gasteiger partial charge in [0.1, 0.15) is 14.2 Å². The first-order valence-corrected chi connectivity index (χ1v) is 17.2. The van der Waals surface area contributed by atoms with Gasteiger partial charge < -0.3 is 9.15 Å². The van der Waals surface area contributed by atoms with Crippen LogP contribution in [0.25, 0.3) is 0 Å². The number of para-hydroxylation sites is 1. The van der Waals surface area contributed by atoms with E-state index in [1.807, 2.05) is 36.6 Å². The fraction of sp³-hybridized carbons (Fsp3) is 0.645. The highest BCUT2D eigenvalue weighted by Gasteiger charge is 2.41. The van der Waals surface area contributed by atoms with Crippen molar-refractivity contribution in [2.24, 2.45) is 0 Å². The first kappa shape index (κ1) is 30.2. The van der Waals surface area contributed by atoms with Gasteiger partial charge in [-0.3, -0.25) is 5.32 Å². The molecule has 36 heavy (non-hydrogen) atoms. The summed E-state index contributed by atoms with van der Waals surface area (Å²) in [6.45, 7) is 16.3. The molecule has 1 unspecified atom stereocenters. The predicted molar refractivity (Wildman–Crippen MR) is 156 cm³/mol. The molecule has 5 heteroatoms. The van der Waals surface area contributed by atoms with E-state index in [1.54, 1.807) is 0 Å². The Balaban J connectivity index is 1.92. The van der Waals surface area contributed by atoms with Gasteiger partial charge in [-0.2, -0.15) is 0 Å². The van der Waals surface area contributed by atoms with Crippen LogP contribution in [0.3, 0.4) is 0 Å². The SMILES string of the molecule is CCCCCCCCCC(CCCc1coc([Si](C)(C)C(C)(C)C)c1C)OC(=O)Nc1ccccc1. The number of aryl methyl sites for hydroxylation is 1. The molecule has 0 aliphatic heterocycles. The molecule has 1 atom stereocenters. The maximum Gasteiger partial charge on any atom is 0.411 e. The van der Waals surface area contributed by atoms with E-state index in [0.717, 1.165) is 37.8 Å². The average molecular weight is 514 g/mol. The molecular formula is C31H51NO3Si. The van der Waals surface area contributed by atoms with Crippen molar-refractivity contribution in [2.45, 2.75) is 129 Å². The Bertz CT molecular complexity index is 898. The fourth-order valence-corrected chi connectivity index (χ4v) is 6.72. The van der Waals surface area contributed by atoms with Crippen LogP contribution in [0.2, 0.25) is 18.1 Å². The van der Waals surface area contributed by atoms with Gasteiger partial charge in [-0.15, -0.1) is 0 Å². The monoisotopic (exact) mass is 513 g/mol. The molecule has 1 aromatic heterocycles. The molecule has 1 N–H and O–H groups in total. The first-order chi connectivity index (χ1) is 17.1. The van der Waals surface area contributed by atoms with Crippen LogP contribution in [-0.2, 0) is 11.2 Å². The van der Waals surface area contributed by atoms with Gasteiger partial charge in [0, 0.05) is 5.69 Å². The van der Waals surface area contributed by atoms with Crippen molar-refractivity contribution in [2.75, 3.05) is 5.32 Å². The van der Waals surface area contributed by atoms with Crippen molar-refractivity contribution < 1.29 is 13.9 Å². The second kappa shape index (κ2) is 14.7. The molecule has 1 heterocycles. The summed E-state index contributed by atoms with van der Waals surface area (Å²) in [5.41, 5.74) is 3.40. The van der Waals surface area contributed by atoms with E-state index < -0.39 is 8.07 Å². The third-order valence-electron chi connectivity index (χ3n) is 7.98. The number of unbranched alkanes of at least 4 members (excludes halogenated alkanes) is 6. The number of hydrogen-bond acceptors (Lipinski definition) is 3. The number of anilines is 1. The average Bonchev–Trinajstić information content (AvgIpc) is 3.19. The second-order valence-corrected chi connectivity index (χ2v) is 17.1. The molecule has 0 saturated heterocycles. The van der Waals surface area contributed by atoms with E-state index in [9.17, 15) is 4.79 Å². The Morgan fingerprint density at radius 2 is 1.58 bits per heavy atom. The van der Waals surface area contributed by atoms with E-state index in [-0.39, 0.29) is 17.2 Å². The van der Waals surface area contributed by atoms with Gasteiger partial charge in [0.15, 0.2) is 0 Å². The van der Waals surface area contributed by atoms with Crippen LogP contribution in [0.15, 0.2) is 41.0 Å². The molecule has 0 spiro atoms. The summed E-state index contributed by atoms with van der Waals surface area (Å²) >= 11 is 0. The largest absolute Gasteiger partial charge is 0.474 e. The predicted octanol–water partition coefficient (Wildman–Crippen LogP) is 9.38. The first-order valence-electron chi connectivity index (χ1n) is 14.2. The van der Waals surface area contributed by atoms with E-state index in [4.69, 9.17) is 9.15 Å². The molecule has 0 aliphatic carbocycles. The van der Waals surface area contributed by atoms with Gasteiger partial charge in [-0.1, -0.05) is 97.5 Å². The molecule has 202 valence electrons. The Hall–Kier alpha value is -2.01. The van der Waals surface area contributed by atoms with Crippen molar-refractivity contribution in [3.05, 3.63) is 47.7 Å². The Kier molecular flexibility index (Phi) is 12.3. The van der Waals surface area contributed by atoms with Crippen molar-refractivity contribution in [1.82, 2.24) is 0 Å². The molecule has 4 nitrogen and oxygen atoms in total. The van der Waals surface area contributed by atoms with Crippen LogP contribution in [0, 0.1) is 6.92 Å². The lowest BCUT2D eigenvalue weighted by atomic mass is 10.0. The van der Waals surface area contributed by atoms with E-state index >= 15 is 0 Å². The van der Waals surface area contributed by atoms with E-state index in [2.05, 4.69) is 53.0 Å². The molecule has 2 rings (SSSR count). The lowest BCUT2D eigenvalue weighted by Crippen LogP contribution is -2.49. The molecule has 2 aromatic rings. The Labute approximate surface area is 221 Å². The van der Waals surface area contributed by atoms with Gasteiger partial charge in [0.2, 0.25) is 0 Å². The van der Waals surface area contributed by atoms with E-state index in [1.165, 1.54) is 55.0 Å². The molecule has 1 aromatic carbocycles. The highest BCUT2D eigenvalue weighted by molar-refractivity contribution is 6.91. The molecular weight excluding hydrogens is 462 g/mol. The lowest BCUT2D eigenvalue weighted by molar-refractivity contribution is 0.0966. The number of benzene rings is 1. The number of nitrogens with one attached hydrogen (secondary N) is 1. The van der Waals surface area contributed by atoms with Crippen LogP contribution in [0.1, 0.15) is 103 Å². The third kappa shape index (κ3) is 9.46. The van der Waals surface area contributed by atoms with Crippen molar-refractivity contribution in [3.63, 3.8) is 0 Å². The van der Waals surface area contributed by atoms with Crippen LogP contribution in [0.5, 0.6) is 0 Å². The van der Waals surface area contributed by atoms with Gasteiger partial charge in [0.05, 0.1) is 11.6 Å². The van der Waals surface area contributed by atoms with Crippen molar-refractivity contribution in [1.29, 1.82) is 0 Å². The summed E-state index contributed by atoms with van der Waals surface area (Å²) in [7, 11) is -1.70. The normalized spacial score (nSPS) is 13.0. The number of carbonyl (C=O) groups is 1. The maximum atomic E-state index is 12.6. The summed E-state index contributed by atoms with van der Waals surface area (Å²) in [6, 6.07) is 9.53. The van der Waals surface area contributed by atoms with Gasteiger partial charge in [-0.25, -0.2) is 4.79 Å². The maximum absolute atomic E-state index is 12.6. The van der Waals surface area contributed by atoms with E-state index in [0.29, 0.717) is 0 Å². The topological polar surface area (TPSA) is 51.5 Å². The lowest BCUT2D eigenvalue weighted by Gasteiger charge is -2.35. The zero-order valence-corrected chi connectivity index (χ0v) is 25.0. The number of amides is 1. The fourth-order valence-electron chi connectivity index (χ4n) is 4.59. The number of rotatable bonds is 15. The summed E-state index contributed by atoms with van der Waals surface area (Å²) in [5, 5.41) is 4.35. The van der Waals surface area contributed by atoms with Crippen LogP contribution in [0.4, 0.5) is 10.5 Å². The summed E-state index contributed by atoms with van der Waals surface area (Å²) in [5.74, 6) is 0. The number of carbonyl (C=O) groups excluding carboxylic acids is 1. The summed E-state index contributed by atoms with van der Waals surface area (Å²) in [4.78, 5) is 12.6. The van der Waals surface area contributed by atoms with Gasteiger partial charge in [-0.05, 0) is 67.3 Å². The number of hydrogen-bond donors (Lipinski definition) is 1. The second-order valence-electron chi connectivity index (χ2n) is 11.9. The summed E-state index contributed by atoms with van der Waals surface area (Å²) < 4.78 is 12.1. The quantitative estimate of drug-likeness (QED) is 0.191. The molecule has 0 fully saturated rings. The Morgan fingerprint density at radius 3 is 2.22 bits per heavy atom. The minimum absolute atomic E-state index is 0.0589. The molecule has 0 radical (unpaired) electrons. The zero-order chi connectivity index (χ0) is 26.6. The third-order valence-corrected chi connectivity index (χ3v) is 13.4. The molecule has 0 bridgehead atoms. The molecule has 0 saturated carbocycles. The van der Waals surface area contributed by atoms with Crippen LogP contribution in [-0.4, -0.2) is 20.3 Å².